The van der Waals surface area contributed by atoms with Crippen LogP contribution in [0.4, 0.5) is 5.69 Å². The molecule has 1 aliphatic heterocycles. The van der Waals surface area contributed by atoms with Crippen LogP contribution in [0.25, 0.3) is 0 Å². The van der Waals surface area contributed by atoms with E-state index in [-0.39, 0.29) is 18.4 Å². The number of hydrogen-bond donors (Lipinski definition) is 4. The Bertz CT molecular complexity index is 1020. The van der Waals surface area contributed by atoms with Crippen LogP contribution in [0.15, 0.2) is 36.4 Å². The third-order valence-corrected chi connectivity index (χ3v) is 6.64. The molecule has 0 radical (unpaired) electrons. The summed E-state index contributed by atoms with van der Waals surface area (Å²) >= 11 is 0. The molecule has 184 valence electrons. The molecule has 0 aromatic heterocycles. The molecule has 2 aromatic rings. The van der Waals surface area contributed by atoms with Crippen LogP contribution < -0.4 is 14.8 Å². The van der Waals surface area contributed by atoms with E-state index in [1.54, 1.807) is 37.1 Å². The summed E-state index contributed by atoms with van der Waals surface area (Å²) in [7, 11) is 1.60. The van der Waals surface area contributed by atoms with Crippen molar-refractivity contribution in [3.8, 4) is 11.5 Å². The predicted molar refractivity (Wildman–Crippen MR) is 127 cm³/mol. The van der Waals surface area contributed by atoms with Crippen molar-refractivity contribution in [2.45, 2.75) is 76.7 Å². The van der Waals surface area contributed by atoms with Gasteiger partial charge in [-0.15, -0.1) is 0 Å². The zero-order valence-corrected chi connectivity index (χ0v) is 19.9. The van der Waals surface area contributed by atoms with Crippen molar-refractivity contribution in [3.05, 3.63) is 53.1 Å². The van der Waals surface area contributed by atoms with Gasteiger partial charge < -0.3 is 30.1 Å². The van der Waals surface area contributed by atoms with Crippen molar-refractivity contribution in [1.29, 1.82) is 0 Å². The number of benzene rings is 2. The molecule has 2 aliphatic rings. The Morgan fingerprint density at radius 1 is 1.15 bits per heavy atom. The molecule has 1 saturated carbocycles. The van der Waals surface area contributed by atoms with Crippen molar-refractivity contribution in [3.63, 3.8) is 0 Å². The third-order valence-electron chi connectivity index (χ3n) is 6.64. The standard InChI is InChI=1S/C26H34N2O6/c1-15(29)13-21(17-11-12-22(33-3)23(14-17)34-18-7-4-5-8-18)28-25(31)19-9-6-10-20(27-16(2)30)24(19)26(28)32/h6,9-12,14-15,18,21,25-26,29,31-32H,4-5,7-8,13H2,1-3H3,(H,27,30). The normalized spacial score (nSPS) is 22.3. The number of methoxy groups -OCH3 is 1. The van der Waals surface area contributed by atoms with E-state index in [9.17, 15) is 20.1 Å². The van der Waals surface area contributed by atoms with Crippen LogP contribution in [-0.4, -0.2) is 45.4 Å². The Balaban J connectivity index is 1.71. The molecule has 0 saturated heterocycles. The zero-order valence-electron chi connectivity index (χ0n) is 19.9. The van der Waals surface area contributed by atoms with E-state index in [1.165, 1.54) is 6.92 Å². The summed E-state index contributed by atoms with van der Waals surface area (Å²) in [5.74, 6) is 0.963. The number of hydrogen-bond acceptors (Lipinski definition) is 7. The number of amides is 1. The van der Waals surface area contributed by atoms with Gasteiger partial charge in [0.1, 0.15) is 12.5 Å². The van der Waals surface area contributed by atoms with Gasteiger partial charge in [0.25, 0.3) is 0 Å². The number of nitrogens with one attached hydrogen (secondary N) is 1. The van der Waals surface area contributed by atoms with E-state index in [0.717, 1.165) is 31.2 Å². The minimum Gasteiger partial charge on any atom is -0.493 e. The number of ether oxygens (including phenoxy) is 2. The first-order chi connectivity index (χ1) is 16.3. The van der Waals surface area contributed by atoms with E-state index in [4.69, 9.17) is 9.47 Å². The lowest BCUT2D eigenvalue weighted by Gasteiger charge is -2.35. The van der Waals surface area contributed by atoms with Crippen LogP contribution in [0.2, 0.25) is 0 Å². The average Bonchev–Trinajstić information content (AvgIpc) is 3.39. The minimum atomic E-state index is -1.18. The summed E-state index contributed by atoms with van der Waals surface area (Å²) in [5, 5.41) is 35.6. The first kappa shape index (κ1) is 24.5. The summed E-state index contributed by atoms with van der Waals surface area (Å²) in [4.78, 5) is 13.3. The van der Waals surface area contributed by atoms with E-state index in [2.05, 4.69) is 5.32 Å². The molecule has 0 spiro atoms. The van der Waals surface area contributed by atoms with Gasteiger partial charge in [0.15, 0.2) is 11.5 Å². The molecule has 1 amide bonds. The smallest absolute Gasteiger partial charge is 0.221 e. The minimum absolute atomic E-state index is 0.131. The second kappa shape index (κ2) is 10.3. The number of carbonyl (C=O) groups excluding carboxylic acids is 1. The average molecular weight is 471 g/mol. The van der Waals surface area contributed by atoms with Crippen LogP contribution in [0, 0.1) is 0 Å². The van der Waals surface area contributed by atoms with Gasteiger partial charge >= 0.3 is 0 Å². The Morgan fingerprint density at radius 3 is 2.53 bits per heavy atom. The van der Waals surface area contributed by atoms with Crippen molar-refractivity contribution in [2.24, 2.45) is 0 Å². The number of fused-ring (bicyclic) bond motifs is 1. The number of carbonyl (C=O) groups is 1. The molecule has 4 rings (SSSR count). The third kappa shape index (κ3) is 4.90. The lowest BCUT2D eigenvalue weighted by Crippen LogP contribution is -2.33. The highest BCUT2D eigenvalue weighted by Crippen LogP contribution is 2.49. The molecule has 8 nitrogen and oxygen atoms in total. The molecule has 1 fully saturated rings. The highest BCUT2D eigenvalue weighted by atomic mass is 16.5. The second-order valence-electron chi connectivity index (χ2n) is 9.22. The highest BCUT2D eigenvalue weighted by molar-refractivity contribution is 5.90. The van der Waals surface area contributed by atoms with Crippen LogP contribution in [0.1, 0.15) is 81.1 Å². The summed E-state index contributed by atoms with van der Waals surface area (Å²) in [6, 6.07) is 10.2. The first-order valence-electron chi connectivity index (χ1n) is 11.9. The van der Waals surface area contributed by atoms with Gasteiger partial charge in [0.2, 0.25) is 5.91 Å². The van der Waals surface area contributed by atoms with Gasteiger partial charge in [-0.05, 0) is 62.8 Å². The Morgan fingerprint density at radius 2 is 1.88 bits per heavy atom. The lowest BCUT2D eigenvalue weighted by atomic mass is 9.98. The Kier molecular flexibility index (Phi) is 7.42. The number of aliphatic hydroxyl groups is 3. The number of anilines is 1. The molecular formula is C26H34N2O6. The summed E-state index contributed by atoms with van der Waals surface area (Å²) in [6.07, 6.45) is 1.67. The quantitative estimate of drug-likeness (QED) is 0.465. The zero-order chi connectivity index (χ0) is 24.4. The molecule has 4 N–H and O–H groups in total. The summed E-state index contributed by atoms with van der Waals surface area (Å²) < 4.78 is 11.8. The fourth-order valence-corrected chi connectivity index (χ4v) is 5.11. The SMILES string of the molecule is COc1ccc(C(CC(C)O)N2C(O)c3cccc(NC(C)=O)c3C2O)cc1OC1CCCC1. The lowest BCUT2D eigenvalue weighted by molar-refractivity contribution is -0.118. The van der Waals surface area contributed by atoms with E-state index >= 15 is 0 Å². The van der Waals surface area contributed by atoms with E-state index in [0.29, 0.717) is 28.3 Å². The van der Waals surface area contributed by atoms with Gasteiger partial charge in [-0.2, -0.15) is 0 Å². The molecule has 1 heterocycles. The largest absolute Gasteiger partial charge is 0.493 e. The van der Waals surface area contributed by atoms with Gasteiger partial charge in [-0.3, -0.25) is 4.79 Å². The first-order valence-corrected chi connectivity index (χ1v) is 11.9. The predicted octanol–water partition coefficient (Wildman–Crippen LogP) is 3.78. The van der Waals surface area contributed by atoms with Gasteiger partial charge in [-0.25, -0.2) is 4.90 Å². The van der Waals surface area contributed by atoms with E-state index in [1.807, 2.05) is 18.2 Å². The maximum absolute atomic E-state index is 11.7. The van der Waals surface area contributed by atoms with Crippen molar-refractivity contribution in [2.75, 3.05) is 12.4 Å². The summed E-state index contributed by atoms with van der Waals surface area (Å²) in [5.41, 5.74) is 2.21. The van der Waals surface area contributed by atoms with Crippen molar-refractivity contribution < 1.29 is 29.6 Å². The van der Waals surface area contributed by atoms with Crippen LogP contribution in [-0.2, 0) is 4.79 Å². The maximum Gasteiger partial charge on any atom is 0.221 e. The monoisotopic (exact) mass is 470 g/mol. The van der Waals surface area contributed by atoms with Crippen LogP contribution >= 0.6 is 0 Å². The highest BCUT2D eigenvalue weighted by Gasteiger charge is 2.43. The second-order valence-corrected chi connectivity index (χ2v) is 9.22. The van der Waals surface area contributed by atoms with Crippen LogP contribution in [0.5, 0.6) is 11.5 Å². The molecule has 34 heavy (non-hydrogen) atoms. The fourth-order valence-electron chi connectivity index (χ4n) is 5.11. The molecule has 1 aliphatic carbocycles. The maximum atomic E-state index is 11.7. The molecule has 8 heteroatoms. The Labute approximate surface area is 200 Å². The fraction of sp³-hybridized carbons (Fsp3) is 0.500. The summed E-state index contributed by atoms with van der Waals surface area (Å²) in [6.45, 7) is 3.07. The van der Waals surface area contributed by atoms with Crippen molar-refractivity contribution in [1.82, 2.24) is 4.90 Å². The number of aliphatic hydroxyl groups excluding tert-OH is 3. The van der Waals surface area contributed by atoms with Crippen molar-refractivity contribution >= 4 is 11.6 Å². The van der Waals surface area contributed by atoms with Gasteiger partial charge in [0.05, 0.1) is 19.3 Å². The molecule has 2 aromatic carbocycles. The van der Waals surface area contributed by atoms with Gasteiger partial charge in [-0.1, -0.05) is 18.2 Å². The van der Waals surface area contributed by atoms with Gasteiger partial charge in [0, 0.05) is 29.8 Å². The van der Waals surface area contributed by atoms with Crippen LogP contribution in [0.3, 0.4) is 0 Å². The number of nitrogens with zero attached hydrogens (tertiary/aromatic N) is 1. The number of rotatable bonds is 8. The molecule has 4 unspecified atom stereocenters. The Hall–Kier alpha value is -2.65. The molecular weight excluding hydrogens is 436 g/mol. The molecule has 0 bridgehead atoms. The topological polar surface area (TPSA) is 111 Å². The molecule has 4 atom stereocenters. The van der Waals surface area contributed by atoms with E-state index < -0.39 is 24.6 Å².